The second-order valence-electron chi connectivity index (χ2n) is 8.51. The average Bonchev–Trinajstić information content (AvgIpc) is 3.17. The molecule has 0 N–H and O–H groups in total. The number of unbranched alkanes of at least 4 members (excludes halogenated alkanes) is 1. The van der Waals surface area contributed by atoms with Crippen molar-refractivity contribution in [3.05, 3.63) is 96.1 Å². The lowest BCUT2D eigenvalue weighted by Gasteiger charge is -2.17. The van der Waals surface area contributed by atoms with Gasteiger partial charge in [0.2, 0.25) is 5.91 Å². The molecule has 1 unspecified atom stereocenters. The molecule has 1 amide bonds. The van der Waals surface area contributed by atoms with Crippen LogP contribution >= 0.6 is 11.8 Å². The zero-order chi connectivity index (χ0) is 23.3. The Kier molecular flexibility index (Phi) is 6.72. The van der Waals surface area contributed by atoms with E-state index in [1.54, 1.807) is 18.0 Å². The minimum atomic E-state index is -0.0959. The molecule has 5 heteroatoms. The molecule has 1 atom stereocenters. The van der Waals surface area contributed by atoms with Crippen molar-refractivity contribution in [3.8, 4) is 0 Å². The van der Waals surface area contributed by atoms with Crippen molar-refractivity contribution in [2.45, 2.75) is 38.0 Å². The van der Waals surface area contributed by atoms with E-state index in [2.05, 4.69) is 65.7 Å². The van der Waals surface area contributed by atoms with E-state index in [0.717, 1.165) is 35.8 Å². The Hall–Kier alpha value is -3.44. The second kappa shape index (κ2) is 10.2. The molecule has 1 heterocycles. The third-order valence-corrected chi connectivity index (χ3v) is 7.45. The van der Waals surface area contributed by atoms with Crippen molar-refractivity contribution in [1.82, 2.24) is 4.90 Å². The van der Waals surface area contributed by atoms with Gasteiger partial charge in [0.05, 0.1) is 18.0 Å². The van der Waals surface area contributed by atoms with Crippen LogP contribution in [0.5, 0.6) is 0 Å². The fourth-order valence-electron chi connectivity index (χ4n) is 4.41. The quantitative estimate of drug-likeness (QED) is 0.217. The van der Waals surface area contributed by atoms with E-state index in [1.165, 1.54) is 16.2 Å². The average molecular weight is 466 g/mol. The van der Waals surface area contributed by atoms with E-state index in [1.807, 2.05) is 41.3 Å². The molecule has 1 aliphatic rings. The molecule has 4 nitrogen and oxygen atoms in total. The molecule has 0 radical (unpaired) electrons. The van der Waals surface area contributed by atoms with Gasteiger partial charge in [-0.25, -0.2) is 0 Å². The standard InChI is InChI=1S/C29H27N3OS/c1-2-3-18-27-28(33)32(20-24-15-9-13-22-11-5-7-17-26(22)24)29(34-27)31-30-19-23-14-8-12-21-10-4-6-16-25(21)23/h4-17,19,27H,2-3,18,20H2,1H3/b30-19+,31-29-. The minimum Gasteiger partial charge on any atom is -0.284 e. The van der Waals surface area contributed by atoms with Crippen molar-refractivity contribution in [3.63, 3.8) is 0 Å². The molecular weight excluding hydrogens is 438 g/mol. The summed E-state index contributed by atoms with van der Waals surface area (Å²) in [5, 5.41) is 14.2. The predicted octanol–water partition coefficient (Wildman–Crippen LogP) is 7.02. The van der Waals surface area contributed by atoms with Gasteiger partial charge in [-0.15, -0.1) is 5.10 Å². The normalized spacial score (nSPS) is 17.6. The smallest absolute Gasteiger partial charge is 0.242 e. The fraction of sp³-hybridized carbons (Fsp3) is 0.207. The molecular formula is C29H27N3OS. The Morgan fingerprint density at radius 2 is 1.56 bits per heavy atom. The van der Waals surface area contributed by atoms with E-state index in [-0.39, 0.29) is 11.2 Å². The van der Waals surface area contributed by atoms with Crippen molar-refractivity contribution in [2.24, 2.45) is 10.2 Å². The minimum absolute atomic E-state index is 0.0959. The zero-order valence-corrected chi connectivity index (χ0v) is 20.0. The van der Waals surface area contributed by atoms with Crippen LogP contribution < -0.4 is 0 Å². The van der Waals surface area contributed by atoms with E-state index in [0.29, 0.717) is 11.7 Å². The summed E-state index contributed by atoms with van der Waals surface area (Å²) < 4.78 is 0. The summed E-state index contributed by atoms with van der Waals surface area (Å²) in [7, 11) is 0. The number of hydrogen-bond acceptors (Lipinski definition) is 4. The molecule has 0 bridgehead atoms. The first-order chi connectivity index (χ1) is 16.7. The fourth-order valence-corrected chi connectivity index (χ4v) is 5.55. The van der Waals surface area contributed by atoms with Crippen LogP contribution in [0.1, 0.15) is 37.3 Å². The van der Waals surface area contributed by atoms with Crippen LogP contribution in [0.3, 0.4) is 0 Å². The van der Waals surface area contributed by atoms with Gasteiger partial charge < -0.3 is 0 Å². The van der Waals surface area contributed by atoms with Gasteiger partial charge in [-0.05, 0) is 33.5 Å². The number of amidine groups is 1. The van der Waals surface area contributed by atoms with Gasteiger partial charge in [-0.3, -0.25) is 9.69 Å². The highest BCUT2D eigenvalue weighted by Gasteiger charge is 2.37. The molecule has 0 aliphatic carbocycles. The Bertz CT molecular complexity index is 1380. The number of nitrogens with zero attached hydrogens (tertiary/aromatic N) is 3. The molecule has 34 heavy (non-hydrogen) atoms. The third-order valence-electron chi connectivity index (χ3n) is 6.21. The molecule has 4 aromatic rings. The lowest BCUT2D eigenvalue weighted by atomic mass is 10.0. The molecule has 1 saturated heterocycles. The molecule has 0 spiro atoms. The van der Waals surface area contributed by atoms with Gasteiger partial charge in [0.25, 0.3) is 0 Å². The molecule has 0 saturated carbocycles. The molecule has 0 aromatic heterocycles. The van der Waals surface area contributed by atoms with Gasteiger partial charge in [0, 0.05) is 5.56 Å². The number of carbonyl (C=O) groups excluding carboxylic acids is 1. The summed E-state index contributed by atoms with van der Waals surface area (Å²) >= 11 is 1.54. The molecule has 1 fully saturated rings. The molecule has 1 aliphatic heterocycles. The summed E-state index contributed by atoms with van der Waals surface area (Å²) in [6, 6.07) is 28.9. The molecule has 170 valence electrons. The lowest BCUT2D eigenvalue weighted by Crippen LogP contribution is -2.31. The topological polar surface area (TPSA) is 45.0 Å². The first kappa shape index (κ1) is 22.4. The zero-order valence-electron chi connectivity index (χ0n) is 19.2. The van der Waals surface area contributed by atoms with Crippen LogP contribution in [0.4, 0.5) is 0 Å². The predicted molar refractivity (Wildman–Crippen MR) is 144 cm³/mol. The van der Waals surface area contributed by atoms with Crippen LogP contribution in [-0.4, -0.2) is 27.4 Å². The summed E-state index contributed by atoms with van der Waals surface area (Å²) in [5.74, 6) is 0.130. The SMILES string of the molecule is CCCCC1S/C(=N\N=C\c2cccc3ccccc23)N(Cc2cccc3ccccc23)C1=O. The van der Waals surface area contributed by atoms with Crippen LogP contribution in [0.15, 0.2) is 95.1 Å². The highest BCUT2D eigenvalue weighted by Crippen LogP contribution is 2.33. The highest BCUT2D eigenvalue weighted by molar-refractivity contribution is 8.15. The number of fused-ring (bicyclic) bond motifs is 2. The maximum atomic E-state index is 13.3. The largest absolute Gasteiger partial charge is 0.284 e. The summed E-state index contributed by atoms with van der Waals surface area (Å²) in [6.45, 7) is 2.65. The summed E-state index contributed by atoms with van der Waals surface area (Å²) in [5.41, 5.74) is 2.13. The van der Waals surface area contributed by atoms with E-state index >= 15 is 0 Å². The molecule has 5 rings (SSSR count). The summed E-state index contributed by atoms with van der Waals surface area (Å²) in [6.07, 6.45) is 4.74. The van der Waals surface area contributed by atoms with E-state index in [4.69, 9.17) is 0 Å². The Morgan fingerprint density at radius 3 is 2.35 bits per heavy atom. The number of amides is 1. The first-order valence-electron chi connectivity index (χ1n) is 11.8. The Balaban J connectivity index is 1.46. The monoisotopic (exact) mass is 465 g/mol. The van der Waals surface area contributed by atoms with Crippen molar-refractivity contribution >= 4 is 50.6 Å². The van der Waals surface area contributed by atoms with E-state index in [9.17, 15) is 4.79 Å². The number of benzene rings is 4. The Morgan fingerprint density at radius 1 is 0.882 bits per heavy atom. The van der Waals surface area contributed by atoms with Gasteiger partial charge in [-0.2, -0.15) is 5.10 Å². The lowest BCUT2D eigenvalue weighted by molar-refractivity contribution is -0.126. The Labute approximate surface area is 204 Å². The van der Waals surface area contributed by atoms with Gasteiger partial charge in [-0.1, -0.05) is 116 Å². The van der Waals surface area contributed by atoms with Gasteiger partial charge >= 0.3 is 0 Å². The molecule has 4 aromatic carbocycles. The van der Waals surface area contributed by atoms with Gasteiger partial charge in [0.15, 0.2) is 5.17 Å². The maximum Gasteiger partial charge on any atom is 0.242 e. The number of carbonyl (C=O) groups is 1. The second-order valence-corrected chi connectivity index (χ2v) is 9.68. The summed E-state index contributed by atoms with van der Waals surface area (Å²) in [4.78, 5) is 15.2. The van der Waals surface area contributed by atoms with E-state index < -0.39 is 0 Å². The number of rotatable bonds is 7. The van der Waals surface area contributed by atoms with Crippen molar-refractivity contribution in [1.29, 1.82) is 0 Å². The van der Waals surface area contributed by atoms with Crippen molar-refractivity contribution < 1.29 is 4.79 Å². The number of thioether (sulfide) groups is 1. The number of hydrogen-bond donors (Lipinski definition) is 0. The highest BCUT2D eigenvalue weighted by atomic mass is 32.2. The van der Waals surface area contributed by atoms with Gasteiger partial charge in [0.1, 0.15) is 0 Å². The van der Waals surface area contributed by atoms with Crippen LogP contribution in [0.25, 0.3) is 21.5 Å². The van der Waals surface area contributed by atoms with Crippen LogP contribution in [0.2, 0.25) is 0 Å². The van der Waals surface area contributed by atoms with Crippen LogP contribution in [-0.2, 0) is 11.3 Å². The van der Waals surface area contributed by atoms with Crippen molar-refractivity contribution in [2.75, 3.05) is 0 Å². The third kappa shape index (κ3) is 4.62. The maximum absolute atomic E-state index is 13.3. The first-order valence-corrected chi connectivity index (χ1v) is 12.7. The van der Waals surface area contributed by atoms with Crippen LogP contribution in [0, 0.1) is 0 Å².